The number of hydrogen-bond acceptors (Lipinski definition) is 3. The molecule has 21 heavy (non-hydrogen) atoms. The van der Waals surface area contributed by atoms with E-state index in [0.717, 1.165) is 18.7 Å². The van der Waals surface area contributed by atoms with Gasteiger partial charge in [0.15, 0.2) is 6.10 Å². The van der Waals surface area contributed by atoms with Gasteiger partial charge in [0.2, 0.25) is 0 Å². The molecule has 2 aromatic rings. The van der Waals surface area contributed by atoms with Gasteiger partial charge >= 0.3 is 0 Å². The lowest BCUT2D eigenvalue weighted by Crippen LogP contribution is -2.43. The number of rotatable bonds is 4. The molecule has 110 valence electrons. The van der Waals surface area contributed by atoms with E-state index in [0.29, 0.717) is 17.4 Å². The molecule has 0 bridgehead atoms. The van der Waals surface area contributed by atoms with E-state index in [1.54, 1.807) is 0 Å². The van der Waals surface area contributed by atoms with Gasteiger partial charge in [-0.15, -0.1) is 0 Å². The number of hydrogen-bond donors (Lipinski definition) is 1. The van der Waals surface area contributed by atoms with E-state index in [-0.39, 0.29) is 12.2 Å². The monoisotopic (exact) mass is 303 g/mol. The molecule has 3 rings (SSSR count). The summed E-state index contributed by atoms with van der Waals surface area (Å²) in [6.07, 6.45) is -0.212. The summed E-state index contributed by atoms with van der Waals surface area (Å²) in [5.74, 6) is 0.683. The van der Waals surface area contributed by atoms with Gasteiger partial charge in [-0.25, -0.2) is 0 Å². The molecule has 1 saturated heterocycles. The molecule has 0 saturated carbocycles. The minimum atomic E-state index is -0.182. The maximum absolute atomic E-state index is 6.21. The Morgan fingerprint density at radius 2 is 1.86 bits per heavy atom. The van der Waals surface area contributed by atoms with Crippen LogP contribution in [0.1, 0.15) is 11.7 Å². The first kappa shape index (κ1) is 14.4. The Kier molecular flexibility index (Phi) is 4.76. The molecule has 1 aliphatic heterocycles. The van der Waals surface area contributed by atoms with Crippen molar-refractivity contribution in [1.82, 2.24) is 5.32 Å². The lowest BCUT2D eigenvalue weighted by Gasteiger charge is -2.31. The van der Waals surface area contributed by atoms with Gasteiger partial charge in [0.25, 0.3) is 0 Å². The lowest BCUT2D eigenvalue weighted by atomic mass is 10.0. The molecule has 0 radical (unpaired) electrons. The average molecular weight is 304 g/mol. The van der Waals surface area contributed by atoms with Gasteiger partial charge in [0.1, 0.15) is 11.9 Å². The molecule has 1 fully saturated rings. The molecule has 3 nitrogen and oxygen atoms in total. The molecule has 1 heterocycles. The van der Waals surface area contributed by atoms with Crippen LogP contribution in [0.5, 0.6) is 5.75 Å². The van der Waals surface area contributed by atoms with Gasteiger partial charge in [-0.3, -0.25) is 0 Å². The summed E-state index contributed by atoms with van der Waals surface area (Å²) in [6, 6.07) is 17.7. The van der Waals surface area contributed by atoms with Crippen molar-refractivity contribution in [1.29, 1.82) is 0 Å². The van der Waals surface area contributed by atoms with Crippen molar-refractivity contribution in [2.75, 3.05) is 19.7 Å². The molecule has 1 N–H and O–H groups in total. The number of nitrogens with one attached hydrogen (secondary N) is 1. The maximum atomic E-state index is 6.21. The quantitative estimate of drug-likeness (QED) is 0.938. The summed E-state index contributed by atoms with van der Waals surface area (Å²) in [7, 11) is 0. The third-order valence-electron chi connectivity index (χ3n) is 3.51. The average Bonchev–Trinajstić information content (AvgIpc) is 2.56. The van der Waals surface area contributed by atoms with Crippen LogP contribution in [0, 0.1) is 0 Å². The molecule has 0 aliphatic carbocycles. The van der Waals surface area contributed by atoms with Crippen LogP contribution in [0.3, 0.4) is 0 Å². The number of halogens is 1. The van der Waals surface area contributed by atoms with Crippen molar-refractivity contribution < 1.29 is 9.47 Å². The standard InChI is InChI=1S/C17H18ClNO2/c18-14-8-4-5-9-15(14)21-17(13-6-2-1-3-7-13)16-12-19-10-11-20-16/h1-9,16-17,19H,10-12H2/t16-,17-/m1/s1. The summed E-state index contributed by atoms with van der Waals surface area (Å²) in [5, 5.41) is 3.96. The largest absolute Gasteiger partial charge is 0.481 e. The Hall–Kier alpha value is -1.55. The molecule has 0 aromatic heterocycles. The van der Waals surface area contributed by atoms with Gasteiger partial charge in [0.05, 0.1) is 11.6 Å². The van der Waals surface area contributed by atoms with Crippen LogP contribution < -0.4 is 10.1 Å². The van der Waals surface area contributed by atoms with E-state index in [4.69, 9.17) is 21.1 Å². The Balaban J connectivity index is 1.87. The van der Waals surface area contributed by atoms with Crippen molar-refractivity contribution in [2.45, 2.75) is 12.2 Å². The number of ether oxygens (including phenoxy) is 2. The summed E-state index contributed by atoms with van der Waals surface area (Å²) in [6.45, 7) is 2.34. The first-order valence-corrected chi connectivity index (χ1v) is 7.51. The Morgan fingerprint density at radius 1 is 1.10 bits per heavy atom. The number of morpholine rings is 1. The fraction of sp³-hybridized carbons (Fsp3) is 0.294. The van der Waals surface area contributed by atoms with Crippen LogP contribution in [-0.2, 0) is 4.74 Å². The number of para-hydroxylation sites is 1. The molecule has 2 atom stereocenters. The topological polar surface area (TPSA) is 30.5 Å². The predicted octanol–water partition coefficient (Wildman–Crippen LogP) is 3.45. The van der Waals surface area contributed by atoms with Gasteiger partial charge < -0.3 is 14.8 Å². The predicted molar refractivity (Wildman–Crippen MR) is 83.9 cm³/mol. The van der Waals surface area contributed by atoms with Crippen molar-refractivity contribution >= 4 is 11.6 Å². The van der Waals surface area contributed by atoms with Crippen LogP contribution in [0.15, 0.2) is 54.6 Å². The summed E-state index contributed by atoms with van der Waals surface area (Å²) in [5.41, 5.74) is 1.09. The highest BCUT2D eigenvalue weighted by Crippen LogP contribution is 2.31. The SMILES string of the molecule is Clc1ccccc1O[C@H](c1ccccc1)[C@H]1CNCCO1. The fourth-order valence-electron chi connectivity index (χ4n) is 2.46. The molecule has 1 aliphatic rings. The summed E-state index contributed by atoms with van der Waals surface area (Å²) >= 11 is 6.21. The van der Waals surface area contributed by atoms with E-state index < -0.39 is 0 Å². The molecule has 0 spiro atoms. The second kappa shape index (κ2) is 6.94. The third kappa shape index (κ3) is 3.56. The Labute approximate surface area is 129 Å². The molecule has 4 heteroatoms. The molecular weight excluding hydrogens is 286 g/mol. The van der Waals surface area contributed by atoms with E-state index in [1.807, 2.05) is 42.5 Å². The van der Waals surface area contributed by atoms with Crippen LogP contribution in [0.4, 0.5) is 0 Å². The Bertz CT molecular complexity index is 570. The zero-order valence-electron chi connectivity index (χ0n) is 11.7. The first-order chi connectivity index (χ1) is 10.3. The highest BCUT2D eigenvalue weighted by atomic mass is 35.5. The molecule has 2 aromatic carbocycles. The highest BCUT2D eigenvalue weighted by molar-refractivity contribution is 6.32. The van der Waals surface area contributed by atoms with Crippen LogP contribution >= 0.6 is 11.6 Å². The van der Waals surface area contributed by atoms with Gasteiger partial charge in [-0.1, -0.05) is 54.1 Å². The highest BCUT2D eigenvalue weighted by Gasteiger charge is 2.28. The first-order valence-electron chi connectivity index (χ1n) is 7.13. The smallest absolute Gasteiger partial charge is 0.151 e. The zero-order valence-corrected chi connectivity index (χ0v) is 12.4. The van der Waals surface area contributed by atoms with Gasteiger partial charge in [-0.05, 0) is 17.7 Å². The number of benzene rings is 2. The van der Waals surface area contributed by atoms with E-state index >= 15 is 0 Å². The zero-order chi connectivity index (χ0) is 14.5. The van der Waals surface area contributed by atoms with Crippen LogP contribution in [0.2, 0.25) is 5.02 Å². The summed E-state index contributed by atoms with van der Waals surface area (Å²) in [4.78, 5) is 0. The van der Waals surface area contributed by atoms with Crippen molar-refractivity contribution in [3.8, 4) is 5.75 Å². The maximum Gasteiger partial charge on any atom is 0.151 e. The Morgan fingerprint density at radius 3 is 2.57 bits per heavy atom. The minimum Gasteiger partial charge on any atom is -0.481 e. The second-order valence-electron chi connectivity index (χ2n) is 4.99. The minimum absolute atomic E-state index is 0.0302. The van der Waals surface area contributed by atoms with Crippen molar-refractivity contribution in [3.63, 3.8) is 0 Å². The van der Waals surface area contributed by atoms with Crippen molar-refractivity contribution in [2.24, 2.45) is 0 Å². The molecular formula is C17H18ClNO2. The fourth-order valence-corrected chi connectivity index (χ4v) is 2.64. The second-order valence-corrected chi connectivity index (χ2v) is 5.40. The van der Waals surface area contributed by atoms with Crippen molar-refractivity contribution in [3.05, 3.63) is 65.2 Å². The van der Waals surface area contributed by atoms with Crippen LogP contribution in [0.25, 0.3) is 0 Å². The van der Waals surface area contributed by atoms with Gasteiger partial charge in [-0.2, -0.15) is 0 Å². The van der Waals surface area contributed by atoms with Crippen LogP contribution in [-0.4, -0.2) is 25.8 Å². The van der Waals surface area contributed by atoms with E-state index in [2.05, 4.69) is 17.4 Å². The molecule has 0 amide bonds. The van der Waals surface area contributed by atoms with E-state index in [1.165, 1.54) is 0 Å². The summed E-state index contributed by atoms with van der Waals surface area (Å²) < 4.78 is 12.0. The normalized spacial score (nSPS) is 20.0. The van der Waals surface area contributed by atoms with Gasteiger partial charge in [0, 0.05) is 13.1 Å². The molecule has 0 unspecified atom stereocenters. The lowest BCUT2D eigenvalue weighted by molar-refractivity contribution is -0.0432. The third-order valence-corrected chi connectivity index (χ3v) is 3.82. The van der Waals surface area contributed by atoms with E-state index in [9.17, 15) is 0 Å².